The van der Waals surface area contributed by atoms with E-state index < -0.39 is 5.92 Å². The van der Waals surface area contributed by atoms with E-state index in [4.69, 9.17) is 4.74 Å². The lowest BCUT2D eigenvalue weighted by atomic mass is 10.1. The summed E-state index contributed by atoms with van der Waals surface area (Å²) < 4.78 is 5.20. The average Bonchev–Trinajstić information content (AvgIpc) is 3.00. The topological polar surface area (TPSA) is 79.0 Å². The molecule has 1 atom stereocenters. The quantitative estimate of drug-likeness (QED) is 0.797. The molecule has 7 nitrogen and oxygen atoms in total. The monoisotopic (exact) mass is 361 g/mol. The van der Waals surface area contributed by atoms with Gasteiger partial charge in [0.25, 0.3) is 0 Å². The van der Waals surface area contributed by atoms with E-state index in [-0.39, 0.29) is 36.7 Å². The van der Waals surface area contributed by atoms with E-state index in [0.29, 0.717) is 24.5 Å². The number of nitrogens with zero attached hydrogens (tertiary/aromatic N) is 2. The van der Waals surface area contributed by atoms with Crippen LogP contribution < -0.4 is 15.0 Å². The standard InChI is InChI=1S/C19H27N3O4/c1-5-21(12-17(23)20-13(2)3)19(25)14-9-18(24)22(11-14)15-7-6-8-16(10-15)26-4/h6-8,10,13-14H,5,9,11-12H2,1-4H3,(H,20,23). The lowest BCUT2D eigenvalue weighted by molar-refractivity contribution is -0.139. The molecule has 7 heteroatoms. The highest BCUT2D eigenvalue weighted by atomic mass is 16.5. The first-order valence-electron chi connectivity index (χ1n) is 8.88. The molecule has 0 bridgehead atoms. The summed E-state index contributed by atoms with van der Waals surface area (Å²) in [6.07, 6.45) is 0.151. The zero-order valence-electron chi connectivity index (χ0n) is 15.8. The summed E-state index contributed by atoms with van der Waals surface area (Å²) in [6, 6.07) is 7.23. The predicted molar refractivity (Wildman–Crippen MR) is 99.0 cm³/mol. The molecular weight excluding hydrogens is 334 g/mol. The minimum absolute atomic E-state index is 0.0113. The fraction of sp³-hybridized carbons (Fsp3) is 0.526. The van der Waals surface area contributed by atoms with Crippen LogP contribution in [0.25, 0.3) is 0 Å². The van der Waals surface area contributed by atoms with Crippen LogP contribution in [0.1, 0.15) is 27.2 Å². The summed E-state index contributed by atoms with van der Waals surface area (Å²) in [5.74, 6) is -0.236. The Morgan fingerprint density at radius 3 is 2.73 bits per heavy atom. The van der Waals surface area contributed by atoms with Crippen LogP contribution in [0.3, 0.4) is 0 Å². The third-order valence-corrected chi connectivity index (χ3v) is 4.32. The van der Waals surface area contributed by atoms with Gasteiger partial charge in [0, 0.05) is 37.3 Å². The number of likely N-dealkylation sites (N-methyl/N-ethyl adjacent to an activating group) is 1. The maximum atomic E-state index is 12.8. The Morgan fingerprint density at radius 2 is 2.12 bits per heavy atom. The molecule has 1 unspecified atom stereocenters. The van der Waals surface area contributed by atoms with E-state index >= 15 is 0 Å². The number of ether oxygens (including phenoxy) is 1. The molecule has 1 aromatic rings. The first-order valence-corrected chi connectivity index (χ1v) is 8.88. The number of amides is 3. The van der Waals surface area contributed by atoms with Crippen molar-refractivity contribution in [3.63, 3.8) is 0 Å². The van der Waals surface area contributed by atoms with Crippen molar-refractivity contribution in [2.45, 2.75) is 33.2 Å². The van der Waals surface area contributed by atoms with Crippen LogP contribution in [0.4, 0.5) is 5.69 Å². The van der Waals surface area contributed by atoms with Crippen LogP contribution in [0.15, 0.2) is 24.3 Å². The molecule has 0 radical (unpaired) electrons. The molecule has 0 aliphatic carbocycles. The molecule has 1 aromatic carbocycles. The van der Waals surface area contributed by atoms with Gasteiger partial charge < -0.3 is 19.9 Å². The summed E-state index contributed by atoms with van der Waals surface area (Å²) in [7, 11) is 1.57. The summed E-state index contributed by atoms with van der Waals surface area (Å²) in [5.41, 5.74) is 0.713. The van der Waals surface area contributed by atoms with E-state index in [2.05, 4.69) is 5.32 Å². The maximum Gasteiger partial charge on any atom is 0.239 e. The molecule has 1 heterocycles. The number of carbonyl (C=O) groups excluding carboxylic acids is 3. The number of nitrogens with one attached hydrogen (secondary N) is 1. The van der Waals surface area contributed by atoms with Crippen LogP contribution in [0, 0.1) is 5.92 Å². The smallest absolute Gasteiger partial charge is 0.239 e. The molecule has 3 amide bonds. The van der Waals surface area contributed by atoms with Crippen molar-refractivity contribution in [1.29, 1.82) is 0 Å². The summed E-state index contributed by atoms with van der Waals surface area (Å²) in [5, 5.41) is 2.78. The number of carbonyl (C=O) groups is 3. The maximum absolute atomic E-state index is 12.8. The molecule has 1 aliphatic rings. The van der Waals surface area contributed by atoms with Crippen molar-refractivity contribution >= 4 is 23.4 Å². The zero-order valence-corrected chi connectivity index (χ0v) is 15.8. The fourth-order valence-electron chi connectivity index (χ4n) is 3.05. The van der Waals surface area contributed by atoms with Crippen molar-refractivity contribution in [2.24, 2.45) is 5.92 Å². The Balaban J connectivity index is 2.05. The third-order valence-electron chi connectivity index (χ3n) is 4.32. The number of rotatable bonds is 7. The second kappa shape index (κ2) is 8.69. The average molecular weight is 361 g/mol. The summed E-state index contributed by atoms with van der Waals surface area (Å²) >= 11 is 0. The van der Waals surface area contributed by atoms with E-state index in [1.54, 1.807) is 24.1 Å². The first-order chi connectivity index (χ1) is 12.3. The highest BCUT2D eigenvalue weighted by Crippen LogP contribution is 2.28. The normalized spacial score (nSPS) is 16.7. The molecule has 1 aliphatic heterocycles. The lowest BCUT2D eigenvalue weighted by Gasteiger charge is -2.24. The molecule has 1 N–H and O–H groups in total. The fourth-order valence-corrected chi connectivity index (χ4v) is 3.05. The Labute approximate surface area is 154 Å². The van der Waals surface area contributed by atoms with E-state index in [0.717, 1.165) is 0 Å². The Hall–Kier alpha value is -2.57. The van der Waals surface area contributed by atoms with Crippen molar-refractivity contribution in [3.8, 4) is 5.75 Å². The molecular formula is C19H27N3O4. The van der Waals surface area contributed by atoms with Gasteiger partial charge in [-0.3, -0.25) is 14.4 Å². The van der Waals surface area contributed by atoms with E-state index in [9.17, 15) is 14.4 Å². The highest BCUT2D eigenvalue weighted by molar-refractivity contribution is 6.00. The van der Waals surface area contributed by atoms with Gasteiger partial charge in [-0.15, -0.1) is 0 Å². The molecule has 1 saturated heterocycles. The van der Waals surface area contributed by atoms with Gasteiger partial charge in [0.1, 0.15) is 5.75 Å². The molecule has 142 valence electrons. The molecule has 26 heavy (non-hydrogen) atoms. The van der Waals surface area contributed by atoms with Crippen molar-refractivity contribution in [3.05, 3.63) is 24.3 Å². The van der Waals surface area contributed by atoms with E-state index in [1.807, 2.05) is 32.9 Å². The van der Waals surface area contributed by atoms with Crippen molar-refractivity contribution in [2.75, 3.05) is 31.6 Å². The second-order valence-corrected chi connectivity index (χ2v) is 6.68. The zero-order chi connectivity index (χ0) is 19.3. The minimum Gasteiger partial charge on any atom is -0.497 e. The van der Waals surface area contributed by atoms with Crippen LogP contribution in [-0.2, 0) is 14.4 Å². The van der Waals surface area contributed by atoms with Crippen LogP contribution in [0.5, 0.6) is 5.75 Å². The highest BCUT2D eigenvalue weighted by Gasteiger charge is 2.37. The second-order valence-electron chi connectivity index (χ2n) is 6.68. The van der Waals surface area contributed by atoms with Gasteiger partial charge in [-0.25, -0.2) is 0 Å². The van der Waals surface area contributed by atoms with Gasteiger partial charge in [-0.2, -0.15) is 0 Å². The van der Waals surface area contributed by atoms with E-state index in [1.165, 1.54) is 4.90 Å². The Morgan fingerprint density at radius 1 is 1.38 bits per heavy atom. The molecule has 0 aromatic heterocycles. The van der Waals surface area contributed by atoms with Gasteiger partial charge >= 0.3 is 0 Å². The predicted octanol–water partition coefficient (Wildman–Crippen LogP) is 1.42. The van der Waals surface area contributed by atoms with Crippen molar-refractivity contribution < 1.29 is 19.1 Å². The van der Waals surface area contributed by atoms with Gasteiger partial charge in [-0.05, 0) is 32.9 Å². The van der Waals surface area contributed by atoms with Crippen molar-refractivity contribution in [1.82, 2.24) is 10.2 Å². The number of hydrogen-bond donors (Lipinski definition) is 1. The molecule has 0 saturated carbocycles. The number of hydrogen-bond acceptors (Lipinski definition) is 4. The molecule has 1 fully saturated rings. The van der Waals surface area contributed by atoms with Crippen LogP contribution in [-0.4, -0.2) is 55.4 Å². The molecule has 2 rings (SSSR count). The number of benzene rings is 1. The lowest BCUT2D eigenvalue weighted by Crippen LogP contribution is -2.45. The molecule has 0 spiro atoms. The largest absolute Gasteiger partial charge is 0.497 e. The summed E-state index contributed by atoms with van der Waals surface area (Å²) in [6.45, 7) is 6.32. The first kappa shape index (κ1) is 19.8. The van der Waals surface area contributed by atoms with Gasteiger partial charge in [0.2, 0.25) is 17.7 Å². The third kappa shape index (κ3) is 4.74. The van der Waals surface area contributed by atoms with Gasteiger partial charge in [0.15, 0.2) is 0 Å². The minimum atomic E-state index is -0.444. The van der Waals surface area contributed by atoms with Gasteiger partial charge in [-0.1, -0.05) is 6.07 Å². The SMILES string of the molecule is CCN(CC(=O)NC(C)C)C(=O)C1CC(=O)N(c2cccc(OC)c2)C1. The number of methoxy groups -OCH3 is 1. The Kier molecular flexibility index (Phi) is 6.60. The van der Waals surface area contributed by atoms with Crippen LogP contribution in [0.2, 0.25) is 0 Å². The van der Waals surface area contributed by atoms with Gasteiger partial charge in [0.05, 0.1) is 19.6 Å². The Bertz CT molecular complexity index is 675. The summed E-state index contributed by atoms with van der Waals surface area (Å²) in [4.78, 5) is 40.3. The number of anilines is 1. The van der Waals surface area contributed by atoms with Crippen LogP contribution >= 0.6 is 0 Å².